The SMILES string of the molecule is COC(C(=O)OC(C=O)=C(C)C)=C(C)C. The Labute approximate surface area is 89.6 Å². The van der Waals surface area contributed by atoms with Gasteiger partial charge in [-0.3, -0.25) is 4.79 Å². The molecule has 0 aromatic carbocycles. The highest BCUT2D eigenvalue weighted by Gasteiger charge is 2.15. The van der Waals surface area contributed by atoms with E-state index in [2.05, 4.69) is 0 Å². The van der Waals surface area contributed by atoms with Crippen LogP contribution < -0.4 is 0 Å². The van der Waals surface area contributed by atoms with Crippen LogP contribution in [0.3, 0.4) is 0 Å². The van der Waals surface area contributed by atoms with Crippen LogP contribution in [0.25, 0.3) is 0 Å². The van der Waals surface area contributed by atoms with Gasteiger partial charge in [-0.2, -0.15) is 0 Å². The summed E-state index contributed by atoms with van der Waals surface area (Å²) >= 11 is 0. The monoisotopic (exact) mass is 212 g/mol. The van der Waals surface area contributed by atoms with E-state index in [0.717, 1.165) is 0 Å². The van der Waals surface area contributed by atoms with E-state index < -0.39 is 5.97 Å². The van der Waals surface area contributed by atoms with Crippen molar-refractivity contribution in [2.24, 2.45) is 0 Å². The van der Waals surface area contributed by atoms with Crippen LogP contribution in [0.2, 0.25) is 0 Å². The maximum absolute atomic E-state index is 11.5. The van der Waals surface area contributed by atoms with Crippen LogP contribution in [0.15, 0.2) is 22.7 Å². The molecule has 84 valence electrons. The summed E-state index contributed by atoms with van der Waals surface area (Å²) < 4.78 is 9.73. The van der Waals surface area contributed by atoms with Crippen LogP contribution in [-0.4, -0.2) is 19.4 Å². The van der Waals surface area contributed by atoms with Crippen LogP contribution in [0.5, 0.6) is 0 Å². The smallest absolute Gasteiger partial charge is 0.379 e. The second-order valence-electron chi connectivity index (χ2n) is 3.40. The van der Waals surface area contributed by atoms with Gasteiger partial charge in [0.25, 0.3) is 0 Å². The molecule has 0 atom stereocenters. The van der Waals surface area contributed by atoms with Crippen molar-refractivity contribution in [1.29, 1.82) is 0 Å². The Hall–Kier alpha value is -1.58. The Kier molecular flexibility index (Phi) is 5.37. The molecule has 0 saturated heterocycles. The standard InChI is InChI=1S/C11H16O4/c1-7(2)9(6-12)15-11(13)10(14-5)8(3)4/h6H,1-5H3. The minimum atomic E-state index is -0.652. The van der Waals surface area contributed by atoms with Gasteiger partial charge in [0.2, 0.25) is 5.76 Å². The molecular formula is C11H16O4. The topological polar surface area (TPSA) is 52.6 Å². The first kappa shape index (κ1) is 13.4. The molecule has 0 aliphatic heterocycles. The molecule has 0 unspecified atom stereocenters. The molecule has 0 aliphatic rings. The lowest BCUT2D eigenvalue weighted by Gasteiger charge is -2.08. The summed E-state index contributed by atoms with van der Waals surface area (Å²) in [4.78, 5) is 22.1. The molecule has 0 spiro atoms. The Morgan fingerprint density at radius 2 is 1.60 bits per heavy atom. The predicted octanol–water partition coefficient (Wildman–Crippen LogP) is 1.96. The van der Waals surface area contributed by atoms with E-state index >= 15 is 0 Å². The quantitative estimate of drug-likeness (QED) is 0.309. The van der Waals surface area contributed by atoms with Crippen molar-refractivity contribution < 1.29 is 19.1 Å². The van der Waals surface area contributed by atoms with Gasteiger partial charge in [-0.15, -0.1) is 0 Å². The molecule has 0 saturated carbocycles. The van der Waals surface area contributed by atoms with Crippen molar-refractivity contribution in [3.63, 3.8) is 0 Å². The average molecular weight is 212 g/mol. The summed E-state index contributed by atoms with van der Waals surface area (Å²) in [7, 11) is 1.38. The third-order valence-electron chi connectivity index (χ3n) is 1.65. The number of rotatable bonds is 4. The first-order valence-electron chi connectivity index (χ1n) is 4.50. The Balaban J connectivity index is 4.85. The Morgan fingerprint density at radius 3 is 1.87 bits per heavy atom. The summed E-state index contributed by atoms with van der Waals surface area (Å²) in [6.45, 7) is 6.82. The van der Waals surface area contributed by atoms with Gasteiger partial charge >= 0.3 is 5.97 Å². The molecule has 0 bridgehead atoms. The molecule has 0 aromatic heterocycles. The molecule has 0 aromatic rings. The zero-order chi connectivity index (χ0) is 12.0. The largest absolute Gasteiger partial charge is 0.490 e. The van der Waals surface area contributed by atoms with Gasteiger partial charge in [0.15, 0.2) is 12.0 Å². The number of carbonyl (C=O) groups is 2. The number of carbonyl (C=O) groups excluding carboxylic acids is 2. The van der Waals surface area contributed by atoms with Crippen molar-refractivity contribution in [1.82, 2.24) is 0 Å². The Morgan fingerprint density at radius 1 is 1.07 bits per heavy atom. The summed E-state index contributed by atoms with van der Waals surface area (Å²) in [5, 5.41) is 0. The molecule has 0 N–H and O–H groups in total. The lowest BCUT2D eigenvalue weighted by atomic mass is 10.3. The average Bonchev–Trinajstić information content (AvgIpc) is 2.14. The molecule has 0 rings (SSSR count). The van der Waals surface area contributed by atoms with E-state index in [-0.39, 0.29) is 11.5 Å². The number of hydrogen-bond acceptors (Lipinski definition) is 4. The fourth-order valence-electron chi connectivity index (χ4n) is 0.882. The number of ether oxygens (including phenoxy) is 2. The van der Waals surface area contributed by atoms with Gasteiger partial charge in [0, 0.05) is 0 Å². The maximum Gasteiger partial charge on any atom is 0.379 e. The van der Waals surface area contributed by atoms with Crippen LogP contribution in [-0.2, 0) is 19.1 Å². The molecule has 0 heterocycles. The van der Waals surface area contributed by atoms with Gasteiger partial charge in [-0.25, -0.2) is 4.79 Å². The fourth-order valence-corrected chi connectivity index (χ4v) is 0.882. The molecule has 0 amide bonds. The summed E-state index contributed by atoms with van der Waals surface area (Å²) in [6.07, 6.45) is 0.505. The Bertz CT molecular complexity index is 315. The fraction of sp³-hybridized carbons (Fsp3) is 0.455. The minimum Gasteiger partial charge on any atom is -0.490 e. The number of methoxy groups -OCH3 is 1. The summed E-state index contributed by atoms with van der Waals surface area (Å²) in [5.74, 6) is -0.507. The van der Waals surface area contributed by atoms with Crippen molar-refractivity contribution in [3.8, 4) is 0 Å². The van der Waals surface area contributed by atoms with Crippen LogP contribution in [0.4, 0.5) is 0 Å². The molecule has 4 nitrogen and oxygen atoms in total. The van der Waals surface area contributed by atoms with Crippen molar-refractivity contribution >= 4 is 12.3 Å². The lowest BCUT2D eigenvalue weighted by molar-refractivity contribution is -0.140. The maximum atomic E-state index is 11.5. The number of esters is 1. The van der Waals surface area contributed by atoms with E-state index in [0.29, 0.717) is 17.4 Å². The second-order valence-corrected chi connectivity index (χ2v) is 3.40. The molecule has 4 heteroatoms. The van der Waals surface area contributed by atoms with E-state index in [1.807, 2.05) is 0 Å². The third kappa shape index (κ3) is 3.97. The highest BCUT2D eigenvalue weighted by Crippen LogP contribution is 2.10. The highest BCUT2D eigenvalue weighted by atomic mass is 16.6. The molecule has 15 heavy (non-hydrogen) atoms. The highest BCUT2D eigenvalue weighted by molar-refractivity contribution is 5.90. The van der Waals surface area contributed by atoms with Crippen molar-refractivity contribution in [2.45, 2.75) is 27.7 Å². The molecular weight excluding hydrogens is 196 g/mol. The molecule has 0 aliphatic carbocycles. The van der Waals surface area contributed by atoms with Crippen molar-refractivity contribution in [2.75, 3.05) is 7.11 Å². The molecule has 0 fully saturated rings. The third-order valence-corrected chi connectivity index (χ3v) is 1.65. The van der Waals surface area contributed by atoms with Crippen LogP contribution in [0.1, 0.15) is 27.7 Å². The van der Waals surface area contributed by atoms with Gasteiger partial charge < -0.3 is 9.47 Å². The normalized spacial score (nSPS) is 8.87. The lowest BCUT2D eigenvalue weighted by Crippen LogP contribution is -2.12. The minimum absolute atomic E-state index is 0.0239. The number of hydrogen-bond donors (Lipinski definition) is 0. The zero-order valence-electron chi connectivity index (χ0n) is 9.71. The number of aldehydes is 1. The van der Waals surface area contributed by atoms with E-state index in [1.165, 1.54) is 7.11 Å². The van der Waals surface area contributed by atoms with Gasteiger partial charge in [0.1, 0.15) is 0 Å². The van der Waals surface area contributed by atoms with E-state index in [4.69, 9.17) is 9.47 Å². The predicted molar refractivity (Wildman–Crippen MR) is 55.9 cm³/mol. The first-order valence-corrected chi connectivity index (χ1v) is 4.50. The van der Waals surface area contributed by atoms with Crippen LogP contribution in [0, 0.1) is 0 Å². The zero-order valence-corrected chi connectivity index (χ0v) is 9.71. The van der Waals surface area contributed by atoms with E-state index in [1.54, 1.807) is 27.7 Å². The summed E-state index contributed by atoms with van der Waals surface area (Å²) in [6, 6.07) is 0. The van der Waals surface area contributed by atoms with Gasteiger partial charge in [-0.1, -0.05) is 0 Å². The summed E-state index contributed by atoms with van der Waals surface area (Å²) in [5.41, 5.74) is 1.34. The first-order chi connectivity index (χ1) is 6.93. The van der Waals surface area contributed by atoms with Crippen LogP contribution >= 0.6 is 0 Å². The van der Waals surface area contributed by atoms with Gasteiger partial charge in [-0.05, 0) is 38.8 Å². The number of allylic oxidation sites excluding steroid dienone is 3. The van der Waals surface area contributed by atoms with E-state index in [9.17, 15) is 9.59 Å². The second kappa shape index (κ2) is 6.01. The van der Waals surface area contributed by atoms with Crippen molar-refractivity contribution in [3.05, 3.63) is 22.7 Å². The molecule has 0 radical (unpaired) electrons. The van der Waals surface area contributed by atoms with Gasteiger partial charge in [0.05, 0.1) is 7.11 Å².